The van der Waals surface area contributed by atoms with E-state index in [9.17, 15) is 0 Å². The van der Waals surface area contributed by atoms with Gasteiger partial charge in [-0.25, -0.2) is 4.98 Å². The molecule has 0 saturated carbocycles. The third-order valence-corrected chi connectivity index (χ3v) is 10.3. The Morgan fingerprint density at radius 2 is 1.43 bits per heavy atom. The maximum atomic E-state index is 8.78. The van der Waals surface area contributed by atoms with Gasteiger partial charge in [0.1, 0.15) is 11.4 Å². The summed E-state index contributed by atoms with van der Waals surface area (Å²) < 4.78 is 67.5. The number of fused-ring (bicyclic) bond motifs is 7. The first-order chi connectivity index (χ1) is 27.8. The van der Waals surface area contributed by atoms with Crippen LogP contribution in [0.4, 0.5) is 0 Å². The standard InChI is InChI=1S/C47H44N4O2/c1-25(2)34-23-31(29-15-11-10-12-16-29)24-35(26(3)4)39(34)51-40-32-18-14-13-17-30(32)20-22-36(40)48-44(51)33-21-19-27(5)37-38-28(6)41-43(49-45(38)52-42(33)37)50-46(53-41)47(7,8)9/h10-26H,1-9H3/i5D3,6D3. The summed E-state index contributed by atoms with van der Waals surface area (Å²) in [6.07, 6.45) is 0. The maximum Gasteiger partial charge on any atom is 0.229 e. The van der Waals surface area contributed by atoms with Crippen molar-refractivity contribution in [3.05, 3.63) is 119 Å². The Hall–Kier alpha value is -5.75. The van der Waals surface area contributed by atoms with Gasteiger partial charge in [-0.1, -0.05) is 115 Å². The molecule has 0 N–H and O–H groups in total. The van der Waals surface area contributed by atoms with E-state index in [4.69, 9.17) is 27.0 Å². The molecule has 0 saturated heterocycles. The number of benzene rings is 5. The fourth-order valence-corrected chi connectivity index (χ4v) is 7.61. The SMILES string of the molecule is [2H]C([2H])([2H])c1c2oc(C(C)(C)C)nc2nc2oc3c(-c4nc5ccc6ccccc6c5n4-c4c(C(C)C)cc(-c5ccccc5)cc4C(C)C)ccc(C([2H])([2H])[2H])c3c12. The van der Waals surface area contributed by atoms with Gasteiger partial charge in [-0.15, -0.1) is 0 Å². The molecule has 0 radical (unpaired) electrons. The van der Waals surface area contributed by atoms with E-state index < -0.39 is 19.1 Å². The van der Waals surface area contributed by atoms with Gasteiger partial charge in [0, 0.05) is 30.0 Å². The van der Waals surface area contributed by atoms with Crippen LogP contribution in [-0.2, 0) is 5.41 Å². The molecule has 4 heterocycles. The normalized spacial score (nSPS) is 14.7. The second-order valence-electron chi connectivity index (χ2n) is 15.7. The van der Waals surface area contributed by atoms with Crippen LogP contribution >= 0.6 is 0 Å². The van der Waals surface area contributed by atoms with E-state index in [0.29, 0.717) is 17.3 Å². The van der Waals surface area contributed by atoms with Gasteiger partial charge in [-0.05, 0) is 83.0 Å². The van der Waals surface area contributed by atoms with Crippen molar-refractivity contribution in [1.29, 1.82) is 0 Å². The third-order valence-electron chi connectivity index (χ3n) is 10.3. The van der Waals surface area contributed by atoms with Crippen molar-refractivity contribution < 1.29 is 17.1 Å². The van der Waals surface area contributed by atoms with Crippen molar-refractivity contribution in [2.45, 2.75) is 79.4 Å². The van der Waals surface area contributed by atoms with Crippen LogP contribution in [0.5, 0.6) is 0 Å². The summed E-state index contributed by atoms with van der Waals surface area (Å²) in [5.41, 5.74) is 6.87. The molecule has 0 bridgehead atoms. The van der Waals surface area contributed by atoms with Crippen LogP contribution in [0.1, 0.15) is 96.7 Å². The molecule has 6 nitrogen and oxygen atoms in total. The van der Waals surface area contributed by atoms with E-state index in [-0.39, 0.29) is 56.3 Å². The van der Waals surface area contributed by atoms with Crippen molar-refractivity contribution >= 4 is 55.1 Å². The van der Waals surface area contributed by atoms with Gasteiger partial charge in [0.15, 0.2) is 5.58 Å². The highest BCUT2D eigenvalue weighted by molar-refractivity contribution is 6.14. The minimum atomic E-state index is -2.75. The largest absolute Gasteiger partial charge is 0.438 e. The van der Waals surface area contributed by atoms with Crippen molar-refractivity contribution in [1.82, 2.24) is 19.5 Å². The van der Waals surface area contributed by atoms with Crippen LogP contribution in [0.15, 0.2) is 99.8 Å². The molecule has 0 aliphatic heterocycles. The van der Waals surface area contributed by atoms with Gasteiger partial charge < -0.3 is 8.83 Å². The molecule has 9 aromatic rings. The van der Waals surface area contributed by atoms with E-state index in [0.717, 1.165) is 49.7 Å². The Balaban J connectivity index is 1.47. The van der Waals surface area contributed by atoms with Gasteiger partial charge >= 0.3 is 0 Å². The van der Waals surface area contributed by atoms with Gasteiger partial charge in [-0.3, -0.25) is 4.57 Å². The number of oxazole rings is 1. The summed E-state index contributed by atoms with van der Waals surface area (Å²) >= 11 is 0. The third kappa shape index (κ3) is 5.10. The summed E-state index contributed by atoms with van der Waals surface area (Å²) in [6, 6.07) is 30.4. The predicted molar refractivity (Wildman–Crippen MR) is 218 cm³/mol. The zero-order valence-electron chi connectivity index (χ0n) is 36.9. The van der Waals surface area contributed by atoms with Crippen molar-refractivity contribution in [3.8, 4) is 28.2 Å². The second-order valence-corrected chi connectivity index (χ2v) is 15.7. The summed E-state index contributed by atoms with van der Waals surface area (Å²) in [7, 11) is 0. The molecule has 0 spiro atoms. The van der Waals surface area contributed by atoms with Gasteiger partial charge in [0.05, 0.1) is 27.7 Å². The molecule has 0 atom stereocenters. The second kappa shape index (κ2) is 11.9. The first-order valence-corrected chi connectivity index (χ1v) is 18.2. The quantitative estimate of drug-likeness (QED) is 0.179. The fourth-order valence-electron chi connectivity index (χ4n) is 7.61. The molecule has 0 fully saturated rings. The molecular weight excluding hydrogens is 653 g/mol. The highest BCUT2D eigenvalue weighted by Crippen LogP contribution is 2.45. The zero-order chi connectivity index (χ0) is 41.9. The van der Waals surface area contributed by atoms with Crippen molar-refractivity contribution in [3.63, 3.8) is 0 Å². The Morgan fingerprint density at radius 3 is 2.13 bits per heavy atom. The van der Waals surface area contributed by atoms with Gasteiger partial charge in [0.25, 0.3) is 0 Å². The first-order valence-electron chi connectivity index (χ1n) is 21.2. The first kappa shape index (κ1) is 26.9. The molecule has 6 heteroatoms. The highest BCUT2D eigenvalue weighted by Gasteiger charge is 2.29. The topological polar surface area (TPSA) is 69.9 Å². The van der Waals surface area contributed by atoms with Crippen LogP contribution < -0.4 is 0 Å². The Kier molecular flexibility index (Phi) is 6.04. The van der Waals surface area contributed by atoms with Crippen molar-refractivity contribution in [2.75, 3.05) is 0 Å². The van der Waals surface area contributed by atoms with Crippen LogP contribution in [0, 0.1) is 13.7 Å². The van der Waals surface area contributed by atoms with Crippen LogP contribution in [0.2, 0.25) is 0 Å². The predicted octanol–water partition coefficient (Wildman–Crippen LogP) is 13.1. The molecule has 0 aliphatic carbocycles. The molecule has 264 valence electrons. The molecule has 0 amide bonds. The van der Waals surface area contributed by atoms with E-state index in [1.807, 2.05) is 57.2 Å². The molecule has 9 rings (SSSR count). The van der Waals surface area contributed by atoms with Gasteiger partial charge in [0.2, 0.25) is 17.3 Å². The number of furan rings is 1. The zero-order valence-corrected chi connectivity index (χ0v) is 30.9. The Bertz CT molecular complexity index is 3100. The summed E-state index contributed by atoms with van der Waals surface area (Å²) in [5, 5.41) is 2.22. The van der Waals surface area contributed by atoms with Crippen LogP contribution in [0.3, 0.4) is 0 Å². The summed E-state index contributed by atoms with van der Waals surface area (Å²) in [6.45, 7) is 9.08. The van der Waals surface area contributed by atoms with E-state index >= 15 is 0 Å². The number of nitrogens with zero attached hydrogens (tertiary/aromatic N) is 4. The number of pyridine rings is 1. The minimum absolute atomic E-state index is 0.0209. The van der Waals surface area contributed by atoms with Gasteiger partial charge in [-0.2, -0.15) is 9.97 Å². The summed E-state index contributed by atoms with van der Waals surface area (Å²) in [4.78, 5) is 14.7. The fraction of sp³-hybridized carbons (Fsp3) is 0.255. The molecule has 0 aliphatic rings. The number of hydrogen-bond donors (Lipinski definition) is 0. The Labute approximate surface area is 317 Å². The lowest BCUT2D eigenvalue weighted by molar-refractivity contribution is 0.410. The molecule has 5 aromatic carbocycles. The smallest absolute Gasteiger partial charge is 0.229 e. The minimum Gasteiger partial charge on any atom is -0.438 e. The lowest BCUT2D eigenvalue weighted by Gasteiger charge is -2.24. The lowest BCUT2D eigenvalue weighted by atomic mass is 9.88. The average Bonchev–Trinajstić information content (AvgIpc) is 3.89. The molecular formula is C47H44N4O2. The highest BCUT2D eigenvalue weighted by atomic mass is 16.4. The molecule has 4 aromatic heterocycles. The number of rotatable bonds is 5. The van der Waals surface area contributed by atoms with E-state index in [1.165, 1.54) is 0 Å². The molecule has 0 unspecified atom stereocenters. The number of hydrogen-bond acceptors (Lipinski definition) is 5. The maximum absolute atomic E-state index is 8.78. The van der Waals surface area contributed by atoms with E-state index in [2.05, 4.69) is 79.7 Å². The summed E-state index contributed by atoms with van der Waals surface area (Å²) in [5.74, 6) is 0.992. The number of aryl methyl sites for hydroxylation is 2. The van der Waals surface area contributed by atoms with Crippen LogP contribution in [0.25, 0.3) is 83.3 Å². The molecule has 53 heavy (non-hydrogen) atoms. The lowest BCUT2D eigenvalue weighted by Crippen LogP contribution is -2.11. The number of imidazole rings is 1. The van der Waals surface area contributed by atoms with Crippen LogP contribution in [-0.4, -0.2) is 19.5 Å². The van der Waals surface area contributed by atoms with E-state index in [1.54, 1.807) is 12.1 Å². The van der Waals surface area contributed by atoms with Crippen molar-refractivity contribution in [2.24, 2.45) is 0 Å². The number of aromatic nitrogens is 4. The Morgan fingerprint density at radius 1 is 0.698 bits per heavy atom. The monoisotopic (exact) mass is 702 g/mol. The average molecular weight is 703 g/mol.